The maximum Gasteiger partial charge on any atom is -0.00227 e. The summed E-state index contributed by atoms with van der Waals surface area (Å²) in [5, 5.41) is 4.93. The van der Waals surface area contributed by atoms with Gasteiger partial charge in [-0.25, -0.2) is 0 Å². The van der Waals surface area contributed by atoms with Crippen LogP contribution in [0.25, 0.3) is 55.0 Å². The van der Waals surface area contributed by atoms with Gasteiger partial charge in [-0.2, -0.15) is 0 Å². The molecule has 0 nitrogen and oxygen atoms in total. The molecule has 7 aromatic rings. The van der Waals surface area contributed by atoms with Gasteiger partial charge in [0.1, 0.15) is 0 Å². The molecule has 1 aliphatic rings. The Balaban J connectivity index is 1.35. The van der Waals surface area contributed by atoms with Crippen LogP contribution in [0.15, 0.2) is 206 Å². The molecule has 0 atom stereocenters. The zero-order valence-electron chi connectivity index (χ0n) is 37.3. The van der Waals surface area contributed by atoms with Gasteiger partial charge in [0.05, 0.1) is 0 Å². The number of benzene rings is 7. The third kappa shape index (κ3) is 8.57. The molecule has 1 aliphatic carbocycles. The summed E-state index contributed by atoms with van der Waals surface area (Å²) >= 11 is 0. The van der Waals surface area contributed by atoms with Gasteiger partial charge >= 0.3 is 0 Å². The Hall–Kier alpha value is -6.76. The summed E-state index contributed by atoms with van der Waals surface area (Å²) in [6.45, 7) is 18.0. The largest absolute Gasteiger partial charge is 0.0984 e. The van der Waals surface area contributed by atoms with E-state index < -0.39 is 0 Å². The molecule has 0 aliphatic heterocycles. The first-order valence-corrected chi connectivity index (χ1v) is 22.3. The summed E-state index contributed by atoms with van der Waals surface area (Å²) in [6.07, 6.45) is 18.6. The molecular formula is C62H58. The van der Waals surface area contributed by atoms with Crippen molar-refractivity contribution in [2.24, 2.45) is 0 Å². The molecule has 0 spiro atoms. The van der Waals surface area contributed by atoms with E-state index in [9.17, 15) is 0 Å². The second-order valence-electron chi connectivity index (χ2n) is 17.0. The van der Waals surface area contributed by atoms with Crippen LogP contribution >= 0.6 is 0 Å². The highest BCUT2D eigenvalue weighted by molar-refractivity contribution is 6.14. The average Bonchev–Trinajstić information content (AvgIpc) is 3.31. The zero-order valence-corrected chi connectivity index (χ0v) is 37.3. The van der Waals surface area contributed by atoms with Gasteiger partial charge in [0, 0.05) is 0 Å². The van der Waals surface area contributed by atoms with E-state index in [0.717, 1.165) is 30.4 Å². The topological polar surface area (TPSA) is 0 Å². The Bertz CT molecular complexity index is 2970. The predicted molar refractivity (Wildman–Crippen MR) is 272 cm³/mol. The van der Waals surface area contributed by atoms with Crippen LogP contribution < -0.4 is 0 Å². The Morgan fingerprint density at radius 1 is 0.694 bits per heavy atom. The lowest BCUT2D eigenvalue weighted by molar-refractivity contribution is 0.868. The van der Waals surface area contributed by atoms with Crippen molar-refractivity contribution in [1.82, 2.24) is 0 Å². The monoisotopic (exact) mass is 802 g/mol. The van der Waals surface area contributed by atoms with E-state index in [1.165, 1.54) is 99.5 Å². The van der Waals surface area contributed by atoms with Gasteiger partial charge in [0.25, 0.3) is 0 Å². The Kier molecular flexibility index (Phi) is 12.8. The minimum Gasteiger partial charge on any atom is -0.0984 e. The van der Waals surface area contributed by atoms with Crippen molar-refractivity contribution in [2.75, 3.05) is 0 Å². The minimum atomic E-state index is 0.334. The van der Waals surface area contributed by atoms with Crippen LogP contribution in [0.4, 0.5) is 0 Å². The maximum absolute atomic E-state index is 4.39. The normalized spacial score (nSPS) is 14.0. The number of hydrogen-bond acceptors (Lipinski definition) is 0. The molecule has 0 N–H and O–H groups in total. The van der Waals surface area contributed by atoms with E-state index in [0.29, 0.717) is 5.92 Å². The predicted octanol–water partition coefficient (Wildman–Crippen LogP) is 17.5. The molecule has 0 saturated heterocycles. The fraction of sp³-hybridized carbons (Fsp3) is 0.161. The van der Waals surface area contributed by atoms with E-state index in [-0.39, 0.29) is 0 Å². The van der Waals surface area contributed by atoms with E-state index in [1.54, 1.807) is 0 Å². The lowest BCUT2D eigenvalue weighted by Gasteiger charge is -2.24. The zero-order chi connectivity index (χ0) is 43.2. The summed E-state index contributed by atoms with van der Waals surface area (Å²) in [4.78, 5) is 0. The number of fused-ring (bicyclic) bond motifs is 3. The summed E-state index contributed by atoms with van der Waals surface area (Å²) < 4.78 is 0. The van der Waals surface area contributed by atoms with E-state index in [4.69, 9.17) is 0 Å². The van der Waals surface area contributed by atoms with E-state index >= 15 is 0 Å². The number of hydrogen-bond donors (Lipinski definition) is 0. The van der Waals surface area contributed by atoms with Crippen LogP contribution in [0.2, 0.25) is 0 Å². The van der Waals surface area contributed by atoms with Crippen LogP contribution in [0.3, 0.4) is 0 Å². The number of allylic oxidation sites excluding steroid dienone is 12. The van der Waals surface area contributed by atoms with Gasteiger partial charge in [0.2, 0.25) is 0 Å². The lowest BCUT2D eigenvalue weighted by atomic mass is 9.79. The van der Waals surface area contributed by atoms with E-state index in [1.807, 2.05) is 6.08 Å². The van der Waals surface area contributed by atoms with Crippen molar-refractivity contribution in [1.29, 1.82) is 0 Å². The van der Waals surface area contributed by atoms with Crippen LogP contribution in [0.1, 0.15) is 97.9 Å². The van der Waals surface area contributed by atoms with Crippen LogP contribution in [-0.4, -0.2) is 0 Å². The summed E-state index contributed by atoms with van der Waals surface area (Å²) in [6, 6.07) is 53.7. The smallest absolute Gasteiger partial charge is 0.00227 e. The molecule has 0 heteroatoms. The summed E-state index contributed by atoms with van der Waals surface area (Å²) in [5.41, 5.74) is 20.5. The Labute approximate surface area is 370 Å². The molecule has 62 heavy (non-hydrogen) atoms. The first-order valence-electron chi connectivity index (χ1n) is 22.3. The summed E-state index contributed by atoms with van der Waals surface area (Å²) in [7, 11) is 0. The third-order valence-corrected chi connectivity index (χ3v) is 12.8. The fourth-order valence-electron chi connectivity index (χ4n) is 9.39. The highest BCUT2D eigenvalue weighted by atomic mass is 14.3. The second kappa shape index (κ2) is 18.9. The lowest BCUT2D eigenvalue weighted by Crippen LogP contribution is -2.03. The van der Waals surface area contributed by atoms with Gasteiger partial charge in [-0.1, -0.05) is 196 Å². The van der Waals surface area contributed by atoms with Crippen LogP contribution in [0, 0.1) is 6.92 Å². The molecule has 0 aromatic heterocycles. The first-order chi connectivity index (χ1) is 30.3. The van der Waals surface area contributed by atoms with Crippen molar-refractivity contribution < 1.29 is 0 Å². The maximum atomic E-state index is 4.39. The minimum absolute atomic E-state index is 0.334. The average molecular weight is 803 g/mol. The Morgan fingerprint density at radius 2 is 1.42 bits per heavy atom. The van der Waals surface area contributed by atoms with Gasteiger partial charge in [-0.15, -0.1) is 0 Å². The molecular weight excluding hydrogens is 745 g/mol. The first kappa shape index (κ1) is 42.0. The summed E-state index contributed by atoms with van der Waals surface area (Å²) in [5.74, 6) is 0.334. The second-order valence-corrected chi connectivity index (χ2v) is 17.0. The highest BCUT2D eigenvalue weighted by Gasteiger charge is 2.22. The third-order valence-electron chi connectivity index (χ3n) is 12.8. The van der Waals surface area contributed by atoms with Crippen molar-refractivity contribution >= 4 is 43.8 Å². The van der Waals surface area contributed by atoms with Crippen LogP contribution in [-0.2, 0) is 6.42 Å². The molecule has 0 heterocycles. The van der Waals surface area contributed by atoms with Crippen LogP contribution in [0.5, 0.6) is 0 Å². The molecule has 8 rings (SSSR count). The highest BCUT2D eigenvalue weighted by Crippen LogP contribution is 2.45. The molecule has 306 valence electrons. The molecule has 7 aromatic carbocycles. The van der Waals surface area contributed by atoms with E-state index in [2.05, 4.69) is 230 Å². The van der Waals surface area contributed by atoms with Crippen molar-refractivity contribution in [2.45, 2.75) is 66.7 Å². The molecule has 0 bridgehead atoms. The van der Waals surface area contributed by atoms with Crippen molar-refractivity contribution in [3.8, 4) is 11.1 Å². The standard InChI is InChI=1S/C62H58/c1-8-10-29-57(59-35-21-32-52(42(3)4)62(59)55-34-22-33-54(45(55)7)53-30-19-17-23-43(53)5)61-41-50-28-18-20-31-56(50)60-40-49(36-37-58(60)61)47(9-2)39-51(38-46-24-13-11-14-25-46)44(6)48-26-15-12-16-27-48/h8-18,20-29,31-37,39-42H,2,19,30,38H2,1,3-7H3/b10-8-,47-39+,51-44+,57-29-. The molecule has 0 fully saturated rings. The molecule has 0 saturated carbocycles. The molecule has 0 unspecified atom stereocenters. The van der Waals surface area contributed by atoms with Crippen molar-refractivity contribution in [3.05, 3.63) is 250 Å². The number of rotatable bonds is 12. The van der Waals surface area contributed by atoms with Gasteiger partial charge in [-0.05, 0) is 176 Å². The van der Waals surface area contributed by atoms with Gasteiger partial charge in [0.15, 0.2) is 0 Å². The molecule has 0 amide bonds. The van der Waals surface area contributed by atoms with Gasteiger partial charge < -0.3 is 0 Å². The SMILES string of the molecule is C=C/C(=C\C(Cc1ccccc1)=C(/C)c1ccccc1)c1ccc2c(/C(=C\C=C/C)c3cccc(C(C)C)c3-c3cccc(C4=C(C)C=CCC4)c3C)cc3ccccc3c2c1. The quantitative estimate of drug-likeness (QED) is 0.0853. The molecule has 0 radical (unpaired) electrons. The van der Waals surface area contributed by atoms with Gasteiger partial charge in [-0.3, -0.25) is 0 Å². The Morgan fingerprint density at radius 3 is 2.16 bits per heavy atom. The van der Waals surface area contributed by atoms with Crippen molar-refractivity contribution in [3.63, 3.8) is 0 Å². The fourth-order valence-corrected chi connectivity index (χ4v) is 9.39.